The maximum atomic E-state index is 5.77. The third-order valence-corrected chi connectivity index (χ3v) is 2.79. The molecule has 1 N–H and O–H groups in total. The molecule has 1 aliphatic rings. The Morgan fingerprint density at radius 1 is 1.44 bits per heavy atom. The van der Waals surface area contributed by atoms with Gasteiger partial charge >= 0.3 is 0 Å². The summed E-state index contributed by atoms with van der Waals surface area (Å²) in [7, 11) is 0. The summed E-state index contributed by atoms with van der Waals surface area (Å²) in [5.74, 6) is 0.824. The third-order valence-electron chi connectivity index (χ3n) is 2.79. The fraction of sp³-hybridized carbons (Fsp3) is 0.643. The molecule has 0 bridgehead atoms. The van der Waals surface area contributed by atoms with Gasteiger partial charge in [0.05, 0.1) is 25.1 Å². The number of nitrogens with zero attached hydrogens (tertiary/aromatic N) is 1. The second-order valence-electron chi connectivity index (χ2n) is 5.69. The molecule has 1 aromatic rings. The summed E-state index contributed by atoms with van der Waals surface area (Å²) in [6, 6.07) is 3.98. The van der Waals surface area contributed by atoms with E-state index in [-0.39, 0.29) is 11.6 Å². The van der Waals surface area contributed by atoms with E-state index in [1.54, 1.807) is 6.20 Å². The fourth-order valence-electron chi connectivity index (χ4n) is 1.74. The number of pyridine rings is 1. The topological polar surface area (TPSA) is 43.4 Å². The molecule has 0 saturated carbocycles. The minimum absolute atomic E-state index is 0.109. The van der Waals surface area contributed by atoms with Crippen molar-refractivity contribution in [3.63, 3.8) is 0 Å². The molecule has 1 aromatic heterocycles. The van der Waals surface area contributed by atoms with Gasteiger partial charge < -0.3 is 14.8 Å². The third kappa shape index (κ3) is 4.27. The van der Waals surface area contributed by atoms with Gasteiger partial charge in [0.2, 0.25) is 0 Å². The molecule has 0 spiro atoms. The van der Waals surface area contributed by atoms with E-state index in [1.165, 1.54) is 0 Å². The van der Waals surface area contributed by atoms with Crippen molar-refractivity contribution in [3.8, 4) is 5.75 Å². The molecule has 4 nitrogen and oxygen atoms in total. The van der Waals surface area contributed by atoms with Crippen LogP contribution < -0.4 is 10.1 Å². The molecule has 0 aliphatic carbocycles. The number of nitrogens with one attached hydrogen (secondary N) is 1. The van der Waals surface area contributed by atoms with Crippen molar-refractivity contribution < 1.29 is 9.47 Å². The van der Waals surface area contributed by atoms with E-state index in [0.29, 0.717) is 6.61 Å². The summed E-state index contributed by atoms with van der Waals surface area (Å²) >= 11 is 0. The normalized spacial score (nSPS) is 20.1. The van der Waals surface area contributed by atoms with Gasteiger partial charge in [-0.1, -0.05) is 0 Å². The number of aromatic nitrogens is 1. The lowest BCUT2D eigenvalue weighted by Gasteiger charge is -2.20. The fourth-order valence-corrected chi connectivity index (χ4v) is 1.74. The number of hydrogen-bond donors (Lipinski definition) is 1. The highest BCUT2D eigenvalue weighted by atomic mass is 16.5. The summed E-state index contributed by atoms with van der Waals surface area (Å²) in [5.41, 5.74) is 1.14. The molecule has 2 rings (SSSR count). The van der Waals surface area contributed by atoms with E-state index in [0.717, 1.165) is 31.0 Å². The summed E-state index contributed by atoms with van der Waals surface area (Å²) in [6.07, 6.45) is 2.94. The average molecular weight is 250 g/mol. The highest BCUT2D eigenvalue weighted by Crippen LogP contribution is 2.16. The zero-order valence-corrected chi connectivity index (χ0v) is 11.4. The monoisotopic (exact) mass is 250 g/mol. The van der Waals surface area contributed by atoms with Crippen LogP contribution in [0.3, 0.4) is 0 Å². The first kappa shape index (κ1) is 13.3. The summed E-state index contributed by atoms with van der Waals surface area (Å²) < 4.78 is 11.0. The van der Waals surface area contributed by atoms with Gasteiger partial charge in [-0.25, -0.2) is 0 Å². The van der Waals surface area contributed by atoms with Crippen LogP contribution in [0.25, 0.3) is 0 Å². The lowest BCUT2D eigenvalue weighted by Crippen LogP contribution is -2.35. The van der Waals surface area contributed by atoms with Crippen molar-refractivity contribution in [1.29, 1.82) is 0 Å². The lowest BCUT2D eigenvalue weighted by molar-refractivity contribution is 0.141. The second-order valence-corrected chi connectivity index (χ2v) is 5.69. The van der Waals surface area contributed by atoms with Crippen LogP contribution in [0, 0.1) is 0 Å². The Balaban J connectivity index is 1.85. The number of ether oxygens (including phenoxy) is 2. The summed E-state index contributed by atoms with van der Waals surface area (Å²) in [6.45, 7) is 8.69. The molecule has 1 atom stereocenters. The van der Waals surface area contributed by atoms with E-state index < -0.39 is 0 Å². The lowest BCUT2D eigenvalue weighted by atomic mass is 10.1. The van der Waals surface area contributed by atoms with Crippen LogP contribution >= 0.6 is 0 Å². The molecule has 2 heterocycles. The van der Waals surface area contributed by atoms with Crippen LogP contribution in [0.4, 0.5) is 0 Å². The predicted octanol–water partition coefficient (Wildman–Crippen LogP) is 2.14. The minimum Gasteiger partial charge on any atom is -0.486 e. The van der Waals surface area contributed by atoms with Gasteiger partial charge in [-0.05, 0) is 32.9 Å². The summed E-state index contributed by atoms with van der Waals surface area (Å²) in [5, 5.41) is 3.41. The van der Waals surface area contributed by atoms with Gasteiger partial charge in [0.15, 0.2) is 0 Å². The molecule has 100 valence electrons. The second kappa shape index (κ2) is 5.67. The smallest absolute Gasteiger partial charge is 0.138 e. The molecule has 4 heteroatoms. The van der Waals surface area contributed by atoms with E-state index in [9.17, 15) is 0 Å². The molecule has 1 aliphatic heterocycles. The Labute approximate surface area is 109 Å². The standard InChI is InChI=1S/C14H22N2O2/c1-14(2,3)16-8-11-4-5-12(9-15-11)18-13-6-7-17-10-13/h4-5,9,13,16H,6-8,10H2,1-3H3. The first-order valence-electron chi connectivity index (χ1n) is 6.47. The molecule has 0 amide bonds. The van der Waals surface area contributed by atoms with Crippen LogP contribution in [0.1, 0.15) is 32.9 Å². The van der Waals surface area contributed by atoms with Crippen LogP contribution in [0.2, 0.25) is 0 Å². The van der Waals surface area contributed by atoms with Crippen molar-refractivity contribution >= 4 is 0 Å². The predicted molar refractivity (Wildman–Crippen MR) is 70.7 cm³/mol. The molecule has 0 aromatic carbocycles. The van der Waals surface area contributed by atoms with Crippen LogP contribution in [0.5, 0.6) is 5.75 Å². The average Bonchev–Trinajstić information content (AvgIpc) is 2.80. The Morgan fingerprint density at radius 3 is 2.83 bits per heavy atom. The molecule has 1 saturated heterocycles. The Morgan fingerprint density at radius 2 is 2.28 bits per heavy atom. The van der Waals surface area contributed by atoms with E-state index in [4.69, 9.17) is 9.47 Å². The van der Waals surface area contributed by atoms with Crippen molar-refractivity contribution in [2.24, 2.45) is 0 Å². The summed E-state index contributed by atoms with van der Waals surface area (Å²) in [4.78, 5) is 4.40. The van der Waals surface area contributed by atoms with Crippen LogP contribution in [0.15, 0.2) is 18.3 Å². The van der Waals surface area contributed by atoms with Gasteiger partial charge in [-0.2, -0.15) is 0 Å². The first-order valence-corrected chi connectivity index (χ1v) is 6.47. The Hall–Kier alpha value is -1.13. The molecule has 1 fully saturated rings. The maximum Gasteiger partial charge on any atom is 0.138 e. The zero-order chi connectivity index (χ0) is 13.0. The number of hydrogen-bond acceptors (Lipinski definition) is 4. The van der Waals surface area contributed by atoms with Crippen molar-refractivity contribution in [3.05, 3.63) is 24.0 Å². The highest BCUT2D eigenvalue weighted by molar-refractivity contribution is 5.20. The van der Waals surface area contributed by atoms with Gasteiger partial charge in [-0.3, -0.25) is 4.98 Å². The van der Waals surface area contributed by atoms with Crippen LogP contribution in [-0.2, 0) is 11.3 Å². The van der Waals surface area contributed by atoms with E-state index >= 15 is 0 Å². The molecular formula is C14H22N2O2. The van der Waals surface area contributed by atoms with E-state index in [2.05, 4.69) is 31.1 Å². The first-order chi connectivity index (χ1) is 8.53. The van der Waals surface area contributed by atoms with Crippen molar-refractivity contribution in [2.75, 3.05) is 13.2 Å². The van der Waals surface area contributed by atoms with Crippen molar-refractivity contribution in [1.82, 2.24) is 10.3 Å². The van der Waals surface area contributed by atoms with E-state index in [1.807, 2.05) is 12.1 Å². The van der Waals surface area contributed by atoms with Gasteiger partial charge in [0, 0.05) is 18.5 Å². The molecule has 18 heavy (non-hydrogen) atoms. The minimum atomic E-state index is 0.109. The Bertz CT molecular complexity index is 364. The highest BCUT2D eigenvalue weighted by Gasteiger charge is 2.17. The SMILES string of the molecule is CC(C)(C)NCc1ccc(OC2CCOC2)cn1. The zero-order valence-electron chi connectivity index (χ0n) is 11.4. The maximum absolute atomic E-state index is 5.77. The number of rotatable bonds is 4. The largest absolute Gasteiger partial charge is 0.486 e. The molecule has 1 unspecified atom stereocenters. The van der Waals surface area contributed by atoms with Gasteiger partial charge in [0.1, 0.15) is 11.9 Å². The van der Waals surface area contributed by atoms with Gasteiger partial charge in [-0.15, -0.1) is 0 Å². The van der Waals surface area contributed by atoms with Crippen LogP contribution in [-0.4, -0.2) is 29.8 Å². The Kier molecular flexibility index (Phi) is 4.19. The molecule has 0 radical (unpaired) electrons. The molecular weight excluding hydrogens is 228 g/mol. The van der Waals surface area contributed by atoms with Gasteiger partial charge in [0.25, 0.3) is 0 Å². The van der Waals surface area contributed by atoms with Crippen molar-refractivity contribution in [2.45, 2.75) is 45.4 Å². The quantitative estimate of drug-likeness (QED) is 0.889.